The first-order valence-corrected chi connectivity index (χ1v) is 10.2. The summed E-state index contributed by atoms with van der Waals surface area (Å²) in [5.41, 5.74) is 2.54. The average molecular weight is 422 g/mol. The fourth-order valence-corrected chi connectivity index (χ4v) is 4.10. The summed E-state index contributed by atoms with van der Waals surface area (Å²) in [4.78, 5) is 23.2. The van der Waals surface area contributed by atoms with Crippen LogP contribution in [0, 0.1) is 0 Å². The Morgan fingerprint density at radius 1 is 1.20 bits per heavy atom. The van der Waals surface area contributed by atoms with E-state index in [1.807, 2.05) is 58.1 Å². The average Bonchev–Trinajstić information content (AvgIpc) is 3.38. The molecule has 1 N–H and O–H groups in total. The van der Waals surface area contributed by atoms with Crippen LogP contribution >= 0.6 is 11.6 Å². The number of ether oxygens (including phenoxy) is 1. The summed E-state index contributed by atoms with van der Waals surface area (Å²) >= 11 is 6.68. The molecule has 152 valence electrons. The standard InChI is InChI=1S/C22H20ClN5O2/c23-19-16-13-28-20(15-5-2-1-3-6-15)21(29)26-22(28)25-17(16)7-8-18(19)30-12-4-10-27-11-9-24-14-27/h1-3,5-9,11,14,20H,4,10,12-13H2,(H,25,26,29). The largest absolute Gasteiger partial charge is 0.492 e. The Labute approximate surface area is 179 Å². The van der Waals surface area contributed by atoms with Crippen LogP contribution in [0.25, 0.3) is 0 Å². The molecule has 0 spiro atoms. The van der Waals surface area contributed by atoms with E-state index in [1.54, 1.807) is 12.5 Å². The highest BCUT2D eigenvalue weighted by Gasteiger charge is 2.40. The summed E-state index contributed by atoms with van der Waals surface area (Å²) < 4.78 is 7.94. The Morgan fingerprint density at radius 2 is 2.07 bits per heavy atom. The number of carbonyl (C=O) groups excluding carboxylic acids is 1. The summed E-state index contributed by atoms with van der Waals surface area (Å²) in [5.74, 6) is 1.11. The zero-order valence-corrected chi connectivity index (χ0v) is 16.9. The highest BCUT2D eigenvalue weighted by molar-refractivity contribution is 6.33. The van der Waals surface area contributed by atoms with Gasteiger partial charge >= 0.3 is 0 Å². The second-order valence-corrected chi connectivity index (χ2v) is 7.62. The van der Waals surface area contributed by atoms with Gasteiger partial charge in [-0.25, -0.2) is 9.98 Å². The van der Waals surface area contributed by atoms with Crippen LogP contribution in [0.5, 0.6) is 5.75 Å². The van der Waals surface area contributed by atoms with Gasteiger partial charge in [-0.05, 0) is 24.1 Å². The summed E-state index contributed by atoms with van der Waals surface area (Å²) in [5, 5.41) is 3.44. The molecule has 8 heteroatoms. The number of nitrogens with zero attached hydrogens (tertiary/aromatic N) is 4. The van der Waals surface area contributed by atoms with Crippen molar-refractivity contribution in [3.8, 4) is 5.75 Å². The quantitative estimate of drug-likeness (QED) is 0.616. The number of imidazole rings is 1. The first-order chi connectivity index (χ1) is 14.7. The topological polar surface area (TPSA) is 71.7 Å². The normalized spacial score (nSPS) is 17.2. The summed E-state index contributed by atoms with van der Waals surface area (Å²) in [6.07, 6.45) is 6.31. The summed E-state index contributed by atoms with van der Waals surface area (Å²) in [7, 11) is 0. The molecule has 5 rings (SSSR count). The molecular weight excluding hydrogens is 402 g/mol. The van der Waals surface area contributed by atoms with Crippen molar-refractivity contribution in [3.05, 3.63) is 77.3 Å². The minimum absolute atomic E-state index is 0.0835. The number of fused-ring (bicyclic) bond motifs is 2. The second kappa shape index (κ2) is 7.84. The van der Waals surface area contributed by atoms with Gasteiger partial charge in [0, 0.05) is 24.5 Å². The minimum atomic E-state index is -0.422. The van der Waals surface area contributed by atoms with Crippen molar-refractivity contribution >= 4 is 29.2 Å². The summed E-state index contributed by atoms with van der Waals surface area (Å²) in [6.45, 7) is 1.86. The van der Waals surface area contributed by atoms with Gasteiger partial charge in [0.25, 0.3) is 5.91 Å². The van der Waals surface area contributed by atoms with Crippen molar-refractivity contribution in [1.29, 1.82) is 0 Å². The van der Waals surface area contributed by atoms with E-state index in [1.165, 1.54) is 0 Å². The number of hydrogen-bond acceptors (Lipinski definition) is 5. The van der Waals surface area contributed by atoms with Crippen molar-refractivity contribution in [3.63, 3.8) is 0 Å². The zero-order chi connectivity index (χ0) is 20.5. The summed E-state index contributed by atoms with van der Waals surface area (Å²) in [6, 6.07) is 13.0. The molecule has 7 nitrogen and oxygen atoms in total. The molecule has 0 radical (unpaired) electrons. The lowest BCUT2D eigenvalue weighted by molar-refractivity contribution is -0.121. The third-order valence-electron chi connectivity index (χ3n) is 5.30. The third-order valence-corrected chi connectivity index (χ3v) is 5.71. The van der Waals surface area contributed by atoms with E-state index in [2.05, 4.69) is 15.3 Å². The molecule has 1 saturated heterocycles. The van der Waals surface area contributed by atoms with Crippen LogP contribution in [-0.2, 0) is 17.9 Å². The van der Waals surface area contributed by atoms with Crippen LogP contribution in [0.4, 0.5) is 5.69 Å². The first-order valence-electron chi connectivity index (χ1n) is 9.82. The predicted molar refractivity (Wildman–Crippen MR) is 114 cm³/mol. The number of hydrogen-bond donors (Lipinski definition) is 1. The maximum atomic E-state index is 12.6. The van der Waals surface area contributed by atoms with Crippen molar-refractivity contribution in [2.45, 2.75) is 25.6 Å². The van der Waals surface area contributed by atoms with Gasteiger partial charge < -0.3 is 14.2 Å². The van der Waals surface area contributed by atoms with E-state index < -0.39 is 6.04 Å². The van der Waals surface area contributed by atoms with Crippen LogP contribution in [-0.4, -0.2) is 32.9 Å². The molecule has 1 amide bonds. The molecule has 2 aliphatic rings. The van der Waals surface area contributed by atoms with Gasteiger partial charge in [-0.2, -0.15) is 0 Å². The molecule has 1 atom stereocenters. The number of guanidine groups is 1. The molecule has 0 bridgehead atoms. The fourth-order valence-electron chi connectivity index (χ4n) is 3.83. The highest BCUT2D eigenvalue weighted by Crippen LogP contribution is 2.41. The predicted octanol–water partition coefficient (Wildman–Crippen LogP) is 3.68. The molecule has 2 aliphatic heterocycles. The minimum Gasteiger partial charge on any atom is -0.492 e. The van der Waals surface area contributed by atoms with E-state index in [0.717, 1.165) is 29.8 Å². The molecule has 2 aromatic carbocycles. The molecule has 0 saturated carbocycles. The Kier molecular flexibility index (Phi) is 4.88. The Bertz CT molecular complexity index is 1100. The van der Waals surface area contributed by atoms with E-state index in [9.17, 15) is 4.79 Å². The molecule has 3 heterocycles. The highest BCUT2D eigenvalue weighted by atomic mass is 35.5. The van der Waals surface area contributed by atoms with Gasteiger partial charge in [-0.15, -0.1) is 0 Å². The first kappa shape index (κ1) is 18.7. The van der Waals surface area contributed by atoms with Crippen LogP contribution in [0.15, 0.2) is 66.2 Å². The smallest absolute Gasteiger partial charge is 0.254 e. The number of halogens is 1. The number of nitrogens with one attached hydrogen (secondary N) is 1. The van der Waals surface area contributed by atoms with Crippen molar-refractivity contribution in [2.24, 2.45) is 4.99 Å². The fraction of sp³-hybridized carbons (Fsp3) is 0.227. The Morgan fingerprint density at radius 3 is 2.87 bits per heavy atom. The zero-order valence-electron chi connectivity index (χ0n) is 16.2. The molecular formula is C22H20ClN5O2. The SMILES string of the molecule is O=C1NC2=Nc3ccc(OCCCn4ccnc4)c(Cl)c3CN2C1c1ccccc1. The number of aromatic nitrogens is 2. The lowest BCUT2D eigenvalue weighted by atomic mass is 10.0. The van der Waals surface area contributed by atoms with E-state index in [-0.39, 0.29) is 5.91 Å². The monoisotopic (exact) mass is 421 g/mol. The lowest BCUT2D eigenvalue weighted by Crippen LogP contribution is -2.33. The number of aryl methyl sites for hydroxylation is 1. The molecule has 0 aliphatic carbocycles. The third kappa shape index (κ3) is 3.41. The number of carbonyl (C=O) groups is 1. The number of aliphatic imine (C=N–C) groups is 1. The Hall–Kier alpha value is -3.32. The second-order valence-electron chi connectivity index (χ2n) is 7.24. The Balaban J connectivity index is 1.34. The number of amides is 1. The number of rotatable bonds is 6. The number of benzene rings is 2. The van der Waals surface area contributed by atoms with E-state index in [4.69, 9.17) is 16.3 Å². The molecule has 1 unspecified atom stereocenters. The van der Waals surface area contributed by atoms with Gasteiger partial charge in [0.05, 0.1) is 30.2 Å². The molecule has 30 heavy (non-hydrogen) atoms. The van der Waals surface area contributed by atoms with Gasteiger partial charge in [-0.1, -0.05) is 41.9 Å². The van der Waals surface area contributed by atoms with Crippen molar-refractivity contribution in [2.75, 3.05) is 6.61 Å². The van der Waals surface area contributed by atoms with Crippen molar-refractivity contribution in [1.82, 2.24) is 19.8 Å². The van der Waals surface area contributed by atoms with Crippen LogP contribution in [0.1, 0.15) is 23.6 Å². The van der Waals surface area contributed by atoms with Gasteiger partial charge in [0.1, 0.15) is 11.8 Å². The molecule has 1 aromatic heterocycles. The van der Waals surface area contributed by atoms with E-state index >= 15 is 0 Å². The van der Waals surface area contributed by atoms with Gasteiger partial charge in [-0.3, -0.25) is 10.1 Å². The van der Waals surface area contributed by atoms with E-state index in [0.29, 0.717) is 29.9 Å². The maximum Gasteiger partial charge on any atom is 0.254 e. The molecule has 3 aromatic rings. The van der Waals surface area contributed by atoms with Gasteiger partial charge in [0.15, 0.2) is 0 Å². The van der Waals surface area contributed by atoms with Gasteiger partial charge in [0.2, 0.25) is 5.96 Å². The van der Waals surface area contributed by atoms with Crippen LogP contribution < -0.4 is 10.1 Å². The maximum absolute atomic E-state index is 12.6. The molecule has 1 fully saturated rings. The van der Waals surface area contributed by atoms with Crippen LogP contribution in [0.3, 0.4) is 0 Å². The van der Waals surface area contributed by atoms with Crippen molar-refractivity contribution < 1.29 is 9.53 Å². The lowest BCUT2D eigenvalue weighted by Gasteiger charge is -2.29. The van der Waals surface area contributed by atoms with Crippen LogP contribution in [0.2, 0.25) is 5.02 Å².